The van der Waals surface area contributed by atoms with Crippen molar-refractivity contribution in [2.24, 2.45) is 0 Å². The largest absolute Gasteiger partial charge is 0.399 e. The third-order valence-electron chi connectivity index (χ3n) is 3.67. The molecule has 1 saturated heterocycles. The molecule has 1 heterocycles. The van der Waals surface area contributed by atoms with Crippen molar-refractivity contribution < 1.29 is 0 Å². The van der Waals surface area contributed by atoms with Crippen LogP contribution in [-0.4, -0.2) is 17.5 Å². The van der Waals surface area contributed by atoms with E-state index in [-0.39, 0.29) is 0 Å². The monoisotopic (exact) mass is 252 g/mol. The van der Waals surface area contributed by atoms with Gasteiger partial charge in [-0.3, -0.25) is 4.90 Å². The van der Waals surface area contributed by atoms with E-state index in [0.29, 0.717) is 0 Å². The van der Waals surface area contributed by atoms with Crippen LogP contribution in [0.3, 0.4) is 0 Å². The van der Waals surface area contributed by atoms with E-state index in [2.05, 4.69) is 17.9 Å². The average Bonchev–Trinajstić information content (AvgIpc) is 2.33. The molecular weight excluding hydrogens is 232 g/mol. The van der Waals surface area contributed by atoms with Crippen molar-refractivity contribution in [1.82, 2.24) is 4.90 Å². The lowest BCUT2D eigenvalue weighted by molar-refractivity contribution is 0.136. The summed E-state index contributed by atoms with van der Waals surface area (Å²) < 4.78 is 0. The van der Waals surface area contributed by atoms with Crippen molar-refractivity contribution >= 4 is 17.3 Å². The standard InChI is InChI=1S/C14H21ClN2/c1-2-13-5-3-4-8-17(13)10-11-6-7-12(16)9-14(11)15/h6-7,9,13H,2-5,8,10,16H2,1H3. The van der Waals surface area contributed by atoms with Crippen molar-refractivity contribution in [3.05, 3.63) is 28.8 Å². The summed E-state index contributed by atoms with van der Waals surface area (Å²) in [5.41, 5.74) is 7.65. The number of likely N-dealkylation sites (tertiary alicyclic amines) is 1. The molecule has 0 aromatic heterocycles. The zero-order valence-corrected chi connectivity index (χ0v) is 11.2. The lowest BCUT2D eigenvalue weighted by Gasteiger charge is -2.35. The number of halogens is 1. The summed E-state index contributed by atoms with van der Waals surface area (Å²) in [5, 5.41) is 0.797. The molecule has 1 fully saturated rings. The molecule has 0 spiro atoms. The minimum absolute atomic E-state index is 0.720. The van der Waals surface area contributed by atoms with E-state index in [1.165, 1.54) is 37.8 Å². The summed E-state index contributed by atoms with van der Waals surface area (Å²) in [6, 6.07) is 6.56. The molecule has 0 aliphatic carbocycles. The van der Waals surface area contributed by atoms with Crippen molar-refractivity contribution in [3.8, 4) is 0 Å². The normalized spacial score (nSPS) is 21.6. The number of nitrogen functional groups attached to an aromatic ring is 1. The van der Waals surface area contributed by atoms with E-state index in [0.717, 1.165) is 23.3 Å². The molecule has 0 amide bonds. The SMILES string of the molecule is CCC1CCCCN1Cc1ccc(N)cc1Cl. The first-order valence-corrected chi connectivity index (χ1v) is 6.86. The van der Waals surface area contributed by atoms with Gasteiger partial charge >= 0.3 is 0 Å². The predicted octanol–water partition coefficient (Wildman–Crippen LogP) is 3.69. The number of nitrogens with two attached hydrogens (primary N) is 1. The number of hydrogen-bond acceptors (Lipinski definition) is 2. The van der Waals surface area contributed by atoms with Gasteiger partial charge in [0.05, 0.1) is 0 Å². The third-order valence-corrected chi connectivity index (χ3v) is 4.02. The molecule has 1 unspecified atom stereocenters. The van der Waals surface area contributed by atoms with Gasteiger partial charge in [0.1, 0.15) is 0 Å². The zero-order valence-electron chi connectivity index (χ0n) is 10.5. The van der Waals surface area contributed by atoms with Gasteiger partial charge in [0.25, 0.3) is 0 Å². The van der Waals surface area contributed by atoms with E-state index in [1.54, 1.807) is 0 Å². The van der Waals surface area contributed by atoms with E-state index < -0.39 is 0 Å². The molecule has 0 bridgehead atoms. The van der Waals surface area contributed by atoms with Gasteiger partial charge in [-0.05, 0) is 43.5 Å². The lowest BCUT2D eigenvalue weighted by Crippen LogP contribution is -2.38. The van der Waals surface area contributed by atoms with Crippen LogP contribution >= 0.6 is 11.6 Å². The summed E-state index contributed by atoms with van der Waals surface area (Å²) in [5.74, 6) is 0. The van der Waals surface area contributed by atoms with E-state index in [1.807, 2.05) is 12.1 Å². The first-order valence-electron chi connectivity index (χ1n) is 6.48. The zero-order chi connectivity index (χ0) is 12.3. The van der Waals surface area contributed by atoms with Crippen LogP contribution in [0.25, 0.3) is 0 Å². The molecule has 3 heteroatoms. The highest BCUT2D eigenvalue weighted by molar-refractivity contribution is 6.31. The van der Waals surface area contributed by atoms with Gasteiger partial charge < -0.3 is 5.73 Å². The average molecular weight is 253 g/mol. The van der Waals surface area contributed by atoms with Crippen LogP contribution in [0.1, 0.15) is 38.2 Å². The molecule has 17 heavy (non-hydrogen) atoms. The second-order valence-corrected chi connectivity index (χ2v) is 5.29. The van der Waals surface area contributed by atoms with Crippen molar-refractivity contribution in [2.75, 3.05) is 12.3 Å². The summed E-state index contributed by atoms with van der Waals surface area (Å²) in [7, 11) is 0. The summed E-state index contributed by atoms with van der Waals surface area (Å²) in [6.07, 6.45) is 5.23. The van der Waals surface area contributed by atoms with Crippen LogP contribution in [0.5, 0.6) is 0 Å². The number of rotatable bonds is 3. The Balaban J connectivity index is 2.08. The Kier molecular flexibility index (Phi) is 4.30. The smallest absolute Gasteiger partial charge is 0.0471 e. The van der Waals surface area contributed by atoms with Crippen LogP contribution in [-0.2, 0) is 6.54 Å². The van der Waals surface area contributed by atoms with Crippen LogP contribution in [0.15, 0.2) is 18.2 Å². The van der Waals surface area contributed by atoms with Gasteiger partial charge in [0.2, 0.25) is 0 Å². The van der Waals surface area contributed by atoms with Gasteiger partial charge in [-0.1, -0.05) is 31.0 Å². The molecule has 1 aliphatic heterocycles. The minimum atomic E-state index is 0.720. The van der Waals surface area contributed by atoms with Gasteiger partial charge in [0.15, 0.2) is 0 Å². The third kappa shape index (κ3) is 3.14. The summed E-state index contributed by atoms with van der Waals surface area (Å²) >= 11 is 6.23. The van der Waals surface area contributed by atoms with E-state index >= 15 is 0 Å². The maximum Gasteiger partial charge on any atom is 0.0471 e. The molecule has 0 radical (unpaired) electrons. The van der Waals surface area contributed by atoms with Gasteiger partial charge in [-0.25, -0.2) is 0 Å². The second-order valence-electron chi connectivity index (χ2n) is 4.88. The highest BCUT2D eigenvalue weighted by Gasteiger charge is 2.21. The van der Waals surface area contributed by atoms with E-state index in [9.17, 15) is 0 Å². The summed E-state index contributed by atoms with van der Waals surface area (Å²) in [4.78, 5) is 2.56. The Bertz CT molecular complexity index is 378. The van der Waals surface area contributed by atoms with Crippen molar-refractivity contribution in [2.45, 2.75) is 45.2 Å². The second kappa shape index (κ2) is 5.74. The molecule has 94 valence electrons. The molecule has 1 atom stereocenters. The number of piperidine rings is 1. The summed E-state index contributed by atoms with van der Waals surface area (Å²) in [6.45, 7) is 4.42. The Labute approximate surface area is 109 Å². The van der Waals surface area contributed by atoms with Crippen LogP contribution < -0.4 is 5.73 Å². The molecule has 2 rings (SSSR count). The quantitative estimate of drug-likeness (QED) is 0.832. The highest BCUT2D eigenvalue weighted by atomic mass is 35.5. The molecule has 1 aromatic carbocycles. The minimum Gasteiger partial charge on any atom is -0.399 e. The topological polar surface area (TPSA) is 29.3 Å². The first-order chi connectivity index (χ1) is 8.20. The van der Waals surface area contributed by atoms with Crippen molar-refractivity contribution in [3.63, 3.8) is 0 Å². The Morgan fingerprint density at radius 1 is 1.41 bits per heavy atom. The first kappa shape index (κ1) is 12.7. The van der Waals surface area contributed by atoms with Crippen LogP contribution in [0, 0.1) is 0 Å². The number of nitrogens with zero attached hydrogens (tertiary/aromatic N) is 1. The molecule has 2 nitrogen and oxygen atoms in total. The van der Waals surface area contributed by atoms with Gasteiger partial charge in [0, 0.05) is 23.3 Å². The molecule has 0 saturated carbocycles. The maximum absolute atomic E-state index is 6.23. The highest BCUT2D eigenvalue weighted by Crippen LogP contribution is 2.25. The van der Waals surface area contributed by atoms with Gasteiger partial charge in [-0.2, -0.15) is 0 Å². The fraction of sp³-hybridized carbons (Fsp3) is 0.571. The molecule has 1 aromatic rings. The van der Waals surface area contributed by atoms with Crippen LogP contribution in [0.4, 0.5) is 5.69 Å². The Hall–Kier alpha value is -0.730. The van der Waals surface area contributed by atoms with Crippen LogP contribution in [0.2, 0.25) is 5.02 Å². The van der Waals surface area contributed by atoms with Gasteiger partial charge in [-0.15, -0.1) is 0 Å². The molecule has 2 N–H and O–H groups in total. The van der Waals surface area contributed by atoms with Crippen molar-refractivity contribution in [1.29, 1.82) is 0 Å². The fourth-order valence-electron chi connectivity index (χ4n) is 2.64. The number of anilines is 1. The number of hydrogen-bond donors (Lipinski definition) is 1. The Morgan fingerprint density at radius 2 is 2.24 bits per heavy atom. The predicted molar refractivity (Wildman–Crippen MR) is 74.2 cm³/mol. The number of benzene rings is 1. The molecule has 1 aliphatic rings. The fourth-order valence-corrected chi connectivity index (χ4v) is 2.89. The Morgan fingerprint density at radius 3 is 2.94 bits per heavy atom. The molecular formula is C14H21ClN2. The maximum atomic E-state index is 6.23. The lowest BCUT2D eigenvalue weighted by atomic mass is 9.99. The van der Waals surface area contributed by atoms with E-state index in [4.69, 9.17) is 17.3 Å².